The first kappa shape index (κ1) is 10.5. The number of likely N-dealkylation sites (N-methyl/N-ethyl adjacent to an activating group) is 1. The Kier molecular flexibility index (Phi) is 1.94. The minimum atomic E-state index is 0.539. The van der Waals surface area contributed by atoms with E-state index in [9.17, 15) is 0 Å². The van der Waals surface area contributed by atoms with Gasteiger partial charge in [0.1, 0.15) is 0 Å². The monoisotopic (exact) mass is 242 g/mol. The van der Waals surface area contributed by atoms with E-state index in [-0.39, 0.29) is 0 Å². The van der Waals surface area contributed by atoms with E-state index in [2.05, 4.69) is 34.3 Å². The van der Waals surface area contributed by atoms with E-state index < -0.39 is 0 Å². The molecule has 2 aliphatic heterocycles. The van der Waals surface area contributed by atoms with Crippen LogP contribution in [0.1, 0.15) is 41.7 Å². The van der Waals surface area contributed by atoms with E-state index >= 15 is 0 Å². The molecule has 1 saturated heterocycles. The summed E-state index contributed by atoms with van der Waals surface area (Å²) in [7, 11) is 2.25. The van der Waals surface area contributed by atoms with E-state index in [0.717, 1.165) is 17.9 Å². The van der Waals surface area contributed by atoms with E-state index in [0.29, 0.717) is 12.1 Å². The fourth-order valence-corrected chi connectivity index (χ4v) is 3.75. The van der Waals surface area contributed by atoms with Crippen molar-refractivity contribution >= 4 is 5.78 Å². The normalized spacial score (nSPS) is 26.8. The van der Waals surface area contributed by atoms with Crippen LogP contribution in [-0.2, 0) is 6.42 Å². The molecule has 4 nitrogen and oxygen atoms in total. The van der Waals surface area contributed by atoms with Crippen molar-refractivity contribution in [2.45, 2.75) is 45.2 Å². The Labute approximate surface area is 107 Å². The molecular weight excluding hydrogens is 224 g/mol. The predicted octanol–water partition coefficient (Wildman–Crippen LogP) is 2.04. The number of fused-ring (bicyclic) bond motifs is 6. The summed E-state index contributed by atoms with van der Waals surface area (Å²) in [6, 6.07) is 3.38. The summed E-state index contributed by atoms with van der Waals surface area (Å²) in [5.41, 5.74) is 4.99. The molecular formula is C14H18N4. The van der Waals surface area contributed by atoms with Crippen LogP contribution in [0.15, 0.2) is 6.07 Å². The fourth-order valence-electron chi connectivity index (χ4n) is 3.75. The lowest BCUT2D eigenvalue weighted by Crippen LogP contribution is -2.34. The lowest BCUT2D eigenvalue weighted by atomic mass is 10.0. The van der Waals surface area contributed by atoms with Gasteiger partial charge in [-0.1, -0.05) is 0 Å². The molecule has 4 rings (SSSR count). The molecule has 18 heavy (non-hydrogen) atoms. The molecule has 2 aromatic heterocycles. The molecule has 0 amide bonds. The first-order chi connectivity index (χ1) is 8.65. The Bertz CT molecular complexity index is 643. The Hall–Kier alpha value is -1.42. The van der Waals surface area contributed by atoms with Crippen LogP contribution < -0.4 is 0 Å². The van der Waals surface area contributed by atoms with Gasteiger partial charge in [-0.15, -0.1) is 0 Å². The Morgan fingerprint density at radius 2 is 2.06 bits per heavy atom. The molecule has 0 aliphatic carbocycles. The maximum Gasteiger partial charge on any atom is 0.234 e. The van der Waals surface area contributed by atoms with Crippen LogP contribution in [0, 0.1) is 13.8 Å². The molecule has 2 unspecified atom stereocenters. The first-order valence-corrected chi connectivity index (χ1v) is 6.72. The van der Waals surface area contributed by atoms with Gasteiger partial charge >= 0.3 is 0 Å². The topological polar surface area (TPSA) is 33.4 Å². The number of aromatic nitrogens is 3. The lowest BCUT2D eigenvalue weighted by Gasteiger charge is -2.30. The number of hydrogen-bond donors (Lipinski definition) is 0. The Morgan fingerprint density at radius 1 is 1.22 bits per heavy atom. The third kappa shape index (κ3) is 1.19. The second kappa shape index (κ2) is 3.32. The highest BCUT2D eigenvalue weighted by Gasteiger charge is 2.40. The van der Waals surface area contributed by atoms with E-state index in [1.807, 2.05) is 6.92 Å². The molecule has 94 valence electrons. The summed E-state index contributed by atoms with van der Waals surface area (Å²) in [4.78, 5) is 11.9. The number of imidazole rings is 1. The second-order valence-electron chi connectivity index (χ2n) is 5.73. The highest BCUT2D eigenvalue weighted by atomic mass is 15.2. The van der Waals surface area contributed by atoms with Crippen LogP contribution in [0.5, 0.6) is 0 Å². The number of nitrogens with zero attached hydrogens (tertiary/aromatic N) is 4. The maximum atomic E-state index is 4.78. The SMILES string of the molecule is Cc1cc(C)n2c3c(nc2n1)CC1CCC3N1C. The second-order valence-corrected chi connectivity index (χ2v) is 5.73. The van der Waals surface area contributed by atoms with Crippen molar-refractivity contribution in [3.63, 3.8) is 0 Å². The van der Waals surface area contributed by atoms with Crippen LogP contribution in [-0.4, -0.2) is 32.4 Å². The van der Waals surface area contributed by atoms with Crippen LogP contribution in [0.2, 0.25) is 0 Å². The molecule has 2 bridgehead atoms. The van der Waals surface area contributed by atoms with Gasteiger partial charge in [0.05, 0.1) is 17.4 Å². The zero-order valence-corrected chi connectivity index (χ0v) is 11.1. The minimum absolute atomic E-state index is 0.539. The van der Waals surface area contributed by atoms with Gasteiger partial charge in [0, 0.05) is 23.9 Å². The van der Waals surface area contributed by atoms with Gasteiger partial charge in [0.2, 0.25) is 5.78 Å². The maximum absolute atomic E-state index is 4.78. The molecule has 0 aromatic carbocycles. The van der Waals surface area contributed by atoms with Crippen LogP contribution in [0.4, 0.5) is 0 Å². The van der Waals surface area contributed by atoms with Crippen molar-refractivity contribution in [1.82, 2.24) is 19.3 Å². The van der Waals surface area contributed by atoms with Gasteiger partial charge in [-0.3, -0.25) is 9.30 Å². The van der Waals surface area contributed by atoms with Crippen molar-refractivity contribution in [3.05, 3.63) is 28.8 Å². The highest BCUT2D eigenvalue weighted by Crippen LogP contribution is 2.42. The van der Waals surface area contributed by atoms with E-state index in [1.165, 1.54) is 29.9 Å². The molecule has 0 radical (unpaired) electrons. The van der Waals surface area contributed by atoms with E-state index in [4.69, 9.17) is 4.98 Å². The first-order valence-electron chi connectivity index (χ1n) is 6.72. The van der Waals surface area contributed by atoms with Gasteiger partial charge in [-0.25, -0.2) is 9.97 Å². The molecule has 2 aromatic rings. The molecule has 1 fully saturated rings. The zero-order chi connectivity index (χ0) is 12.4. The minimum Gasteiger partial charge on any atom is -0.294 e. The average molecular weight is 242 g/mol. The van der Waals surface area contributed by atoms with Crippen LogP contribution in [0.25, 0.3) is 5.78 Å². The summed E-state index contributed by atoms with van der Waals surface area (Å²) in [5.74, 6) is 0.887. The van der Waals surface area contributed by atoms with Crippen LogP contribution in [0.3, 0.4) is 0 Å². The molecule has 4 heterocycles. The zero-order valence-electron chi connectivity index (χ0n) is 11.1. The standard InChI is InChI=1S/C14H18N4/c1-8-6-9(2)18-13-11(16-14(18)15-8)7-10-4-5-12(13)17(10)3/h6,10,12H,4-5,7H2,1-3H3. The number of hydrogen-bond acceptors (Lipinski definition) is 3. The van der Waals surface area contributed by atoms with Crippen molar-refractivity contribution < 1.29 is 0 Å². The van der Waals surface area contributed by atoms with Gasteiger partial charge in [0.25, 0.3) is 0 Å². The number of rotatable bonds is 0. The van der Waals surface area contributed by atoms with Crippen molar-refractivity contribution in [2.75, 3.05) is 7.05 Å². The van der Waals surface area contributed by atoms with Gasteiger partial charge < -0.3 is 0 Å². The largest absolute Gasteiger partial charge is 0.294 e. The Balaban J connectivity index is 2.05. The van der Waals surface area contributed by atoms with Crippen molar-refractivity contribution in [3.8, 4) is 0 Å². The van der Waals surface area contributed by atoms with E-state index in [1.54, 1.807) is 0 Å². The third-order valence-corrected chi connectivity index (χ3v) is 4.60. The third-order valence-electron chi connectivity index (χ3n) is 4.60. The molecule has 0 saturated carbocycles. The molecule has 2 atom stereocenters. The molecule has 0 spiro atoms. The van der Waals surface area contributed by atoms with Gasteiger partial charge in [-0.05, 0) is 39.8 Å². The van der Waals surface area contributed by atoms with Gasteiger partial charge in [-0.2, -0.15) is 0 Å². The predicted molar refractivity (Wildman–Crippen MR) is 69.7 cm³/mol. The quantitative estimate of drug-likeness (QED) is 0.709. The smallest absolute Gasteiger partial charge is 0.234 e. The molecule has 2 aliphatic rings. The molecule has 0 N–H and O–H groups in total. The average Bonchev–Trinajstić information content (AvgIpc) is 2.76. The molecule has 4 heteroatoms. The number of aryl methyl sites for hydroxylation is 2. The lowest BCUT2D eigenvalue weighted by molar-refractivity contribution is 0.218. The summed E-state index contributed by atoms with van der Waals surface area (Å²) in [6.45, 7) is 4.20. The summed E-state index contributed by atoms with van der Waals surface area (Å²) >= 11 is 0. The summed E-state index contributed by atoms with van der Waals surface area (Å²) < 4.78 is 2.27. The van der Waals surface area contributed by atoms with Gasteiger partial charge in [0.15, 0.2) is 0 Å². The highest BCUT2D eigenvalue weighted by molar-refractivity contribution is 5.42. The Morgan fingerprint density at radius 3 is 2.89 bits per heavy atom. The van der Waals surface area contributed by atoms with Crippen molar-refractivity contribution in [1.29, 1.82) is 0 Å². The summed E-state index contributed by atoms with van der Waals surface area (Å²) in [6.07, 6.45) is 3.65. The fraction of sp³-hybridized carbons (Fsp3) is 0.571. The van der Waals surface area contributed by atoms with Crippen LogP contribution >= 0.6 is 0 Å². The summed E-state index contributed by atoms with van der Waals surface area (Å²) in [5, 5.41) is 0. The van der Waals surface area contributed by atoms with Crippen molar-refractivity contribution in [2.24, 2.45) is 0 Å².